The second-order valence-corrected chi connectivity index (χ2v) is 7.15. The first-order valence-electron chi connectivity index (χ1n) is 8.74. The first kappa shape index (κ1) is 16.9. The average molecular weight is 302 g/mol. The summed E-state index contributed by atoms with van der Waals surface area (Å²) in [7, 11) is 0. The molecule has 21 heavy (non-hydrogen) atoms. The minimum absolute atomic E-state index is 0.152. The fourth-order valence-corrected chi connectivity index (χ4v) is 4.41. The van der Waals surface area contributed by atoms with Gasteiger partial charge in [-0.15, -0.1) is 0 Å². The third kappa shape index (κ3) is 5.67. The Morgan fingerprint density at radius 1 is 0.857 bits per heavy atom. The number of allylic oxidation sites excluding steroid dienone is 2. The first-order chi connectivity index (χ1) is 9.98. The Kier molecular flexibility index (Phi) is 6.19. The summed E-state index contributed by atoms with van der Waals surface area (Å²) in [6.45, 7) is 2.27. The summed E-state index contributed by atoms with van der Waals surface area (Å²) in [5.74, 6) is 2.73. The highest BCUT2D eigenvalue weighted by molar-refractivity contribution is 4.96. The van der Waals surface area contributed by atoms with Gasteiger partial charge in [-0.1, -0.05) is 38.7 Å². The molecule has 2 aliphatic carbocycles. The lowest BCUT2D eigenvalue weighted by molar-refractivity contribution is -0.0803. The fourth-order valence-electron chi connectivity index (χ4n) is 4.41. The SMILES string of the molecule is CCCC1CCC(C2CCC(C=CC(F)(F)F)CC2)CC1. The van der Waals surface area contributed by atoms with Crippen LogP contribution in [0.15, 0.2) is 12.2 Å². The highest BCUT2D eigenvalue weighted by Gasteiger charge is 2.30. The molecular weight excluding hydrogens is 273 g/mol. The molecule has 2 saturated carbocycles. The molecule has 0 nitrogen and oxygen atoms in total. The molecule has 122 valence electrons. The number of rotatable bonds is 4. The van der Waals surface area contributed by atoms with Gasteiger partial charge in [-0.2, -0.15) is 13.2 Å². The molecule has 0 atom stereocenters. The van der Waals surface area contributed by atoms with E-state index in [2.05, 4.69) is 6.92 Å². The molecule has 0 bridgehead atoms. The van der Waals surface area contributed by atoms with Crippen LogP contribution >= 0.6 is 0 Å². The van der Waals surface area contributed by atoms with Crippen LogP contribution < -0.4 is 0 Å². The van der Waals surface area contributed by atoms with Crippen LogP contribution in [0.1, 0.15) is 71.1 Å². The Labute approximate surface area is 127 Å². The minimum atomic E-state index is -4.14. The molecule has 0 aliphatic heterocycles. The van der Waals surface area contributed by atoms with E-state index in [0.717, 1.165) is 43.4 Å². The number of halogens is 3. The summed E-state index contributed by atoms with van der Waals surface area (Å²) in [6.07, 6.45) is 10.0. The van der Waals surface area contributed by atoms with E-state index in [-0.39, 0.29) is 5.92 Å². The summed E-state index contributed by atoms with van der Waals surface area (Å²) < 4.78 is 36.6. The van der Waals surface area contributed by atoms with Crippen LogP contribution in [0.2, 0.25) is 0 Å². The molecule has 0 spiro atoms. The van der Waals surface area contributed by atoms with Crippen LogP contribution in [0.4, 0.5) is 13.2 Å². The summed E-state index contributed by atoms with van der Waals surface area (Å²) >= 11 is 0. The van der Waals surface area contributed by atoms with E-state index in [1.807, 2.05) is 0 Å². The molecule has 0 N–H and O–H groups in total. The van der Waals surface area contributed by atoms with Crippen molar-refractivity contribution in [1.29, 1.82) is 0 Å². The van der Waals surface area contributed by atoms with Gasteiger partial charge in [0.2, 0.25) is 0 Å². The van der Waals surface area contributed by atoms with Crippen LogP contribution in [0.25, 0.3) is 0 Å². The molecule has 0 unspecified atom stereocenters. The molecule has 0 amide bonds. The maximum atomic E-state index is 12.2. The van der Waals surface area contributed by atoms with Crippen molar-refractivity contribution in [2.45, 2.75) is 77.3 Å². The van der Waals surface area contributed by atoms with E-state index in [9.17, 15) is 13.2 Å². The lowest BCUT2D eigenvalue weighted by atomic mass is 9.69. The summed E-state index contributed by atoms with van der Waals surface area (Å²) in [6, 6.07) is 0. The largest absolute Gasteiger partial charge is 0.409 e. The summed E-state index contributed by atoms with van der Waals surface area (Å²) in [5.41, 5.74) is 0. The molecule has 2 rings (SSSR count). The lowest BCUT2D eigenvalue weighted by Gasteiger charge is -2.37. The first-order valence-corrected chi connectivity index (χ1v) is 8.74. The van der Waals surface area contributed by atoms with E-state index in [4.69, 9.17) is 0 Å². The van der Waals surface area contributed by atoms with Gasteiger partial charge >= 0.3 is 6.18 Å². The third-order valence-corrected chi connectivity index (χ3v) is 5.63. The quantitative estimate of drug-likeness (QED) is 0.519. The van der Waals surface area contributed by atoms with Gasteiger partial charge < -0.3 is 0 Å². The average Bonchev–Trinajstić information content (AvgIpc) is 2.46. The fraction of sp³-hybridized carbons (Fsp3) is 0.889. The van der Waals surface area contributed by atoms with Gasteiger partial charge in [0, 0.05) is 6.08 Å². The Balaban J connectivity index is 1.71. The molecule has 0 aromatic rings. The maximum Gasteiger partial charge on any atom is 0.409 e. The lowest BCUT2D eigenvalue weighted by Crippen LogP contribution is -2.25. The standard InChI is InChI=1S/C18H29F3/c1-2-3-14-4-8-16(9-5-14)17-10-6-15(7-11-17)12-13-18(19,20)21/h12-17H,2-11H2,1H3. The maximum absolute atomic E-state index is 12.2. The second-order valence-electron chi connectivity index (χ2n) is 7.15. The zero-order chi connectivity index (χ0) is 15.3. The summed E-state index contributed by atoms with van der Waals surface area (Å²) in [5, 5.41) is 0. The zero-order valence-electron chi connectivity index (χ0n) is 13.2. The molecule has 0 heterocycles. The molecule has 0 aromatic carbocycles. The zero-order valence-corrected chi connectivity index (χ0v) is 13.2. The predicted octanol–water partition coefficient (Wildman–Crippen LogP) is 6.52. The molecule has 3 heteroatoms. The van der Waals surface area contributed by atoms with Gasteiger partial charge in [0.05, 0.1) is 0 Å². The smallest absolute Gasteiger partial charge is 0.167 e. The molecule has 0 radical (unpaired) electrons. The van der Waals surface area contributed by atoms with Gasteiger partial charge in [-0.05, 0) is 62.2 Å². The summed E-state index contributed by atoms with van der Waals surface area (Å²) in [4.78, 5) is 0. The normalized spacial score (nSPS) is 35.2. The van der Waals surface area contributed by atoms with Crippen molar-refractivity contribution in [3.05, 3.63) is 12.2 Å². The Bertz CT molecular complexity index is 316. The predicted molar refractivity (Wildman–Crippen MR) is 81.0 cm³/mol. The van der Waals surface area contributed by atoms with E-state index in [0.29, 0.717) is 6.08 Å². The molecule has 2 aliphatic rings. The van der Waals surface area contributed by atoms with Crippen LogP contribution in [0.5, 0.6) is 0 Å². The van der Waals surface area contributed by atoms with Crippen LogP contribution in [-0.2, 0) is 0 Å². The highest BCUT2D eigenvalue weighted by Crippen LogP contribution is 2.42. The minimum Gasteiger partial charge on any atom is -0.167 e. The van der Waals surface area contributed by atoms with Gasteiger partial charge in [-0.3, -0.25) is 0 Å². The third-order valence-electron chi connectivity index (χ3n) is 5.63. The van der Waals surface area contributed by atoms with Crippen LogP contribution in [0.3, 0.4) is 0 Å². The second kappa shape index (κ2) is 7.69. The number of hydrogen-bond donors (Lipinski definition) is 0. The van der Waals surface area contributed by atoms with E-state index >= 15 is 0 Å². The van der Waals surface area contributed by atoms with Gasteiger partial charge in [-0.25, -0.2) is 0 Å². The van der Waals surface area contributed by atoms with E-state index in [1.165, 1.54) is 44.6 Å². The van der Waals surface area contributed by atoms with Crippen LogP contribution in [-0.4, -0.2) is 6.18 Å². The molecule has 2 fully saturated rings. The number of hydrogen-bond acceptors (Lipinski definition) is 0. The van der Waals surface area contributed by atoms with Crippen molar-refractivity contribution in [2.24, 2.45) is 23.7 Å². The van der Waals surface area contributed by atoms with E-state index in [1.54, 1.807) is 0 Å². The van der Waals surface area contributed by atoms with Crippen molar-refractivity contribution >= 4 is 0 Å². The highest BCUT2D eigenvalue weighted by atomic mass is 19.4. The van der Waals surface area contributed by atoms with Crippen molar-refractivity contribution in [3.63, 3.8) is 0 Å². The van der Waals surface area contributed by atoms with Crippen molar-refractivity contribution in [1.82, 2.24) is 0 Å². The number of alkyl halides is 3. The topological polar surface area (TPSA) is 0 Å². The van der Waals surface area contributed by atoms with Gasteiger partial charge in [0.25, 0.3) is 0 Å². The van der Waals surface area contributed by atoms with Gasteiger partial charge in [0.1, 0.15) is 0 Å². The Morgan fingerprint density at radius 3 is 1.86 bits per heavy atom. The van der Waals surface area contributed by atoms with Crippen molar-refractivity contribution in [2.75, 3.05) is 0 Å². The van der Waals surface area contributed by atoms with Gasteiger partial charge in [0.15, 0.2) is 0 Å². The molecule has 0 saturated heterocycles. The monoisotopic (exact) mass is 302 g/mol. The Morgan fingerprint density at radius 2 is 1.38 bits per heavy atom. The molecular formula is C18H29F3. The van der Waals surface area contributed by atoms with E-state index < -0.39 is 6.18 Å². The van der Waals surface area contributed by atoms with Crippen molar-refractivity contribution < 1.29 is 13.2 Å². The Hall–Kier alpha value is -0.470. The molecule has 0 aromatic heterocycles. The van der Waals surface area contributed by atoms with Crippen LogP contribution in [0, 0.1) is 23.7 Å². The van der Waals surface area contributed by atoms with Crippen molar-refractivity contribution in [3.8, 4) is 0 Å².